The number of guanidine groups is 1. The molecule has 0 spiro atoms. The number of carboxylic acid groups (broad SMARTS) is 1. The van der Waals surface area contributed by atoms with E-state index < -0.39 is 49.3 Å². The molecule has 6 atom stereocenters. The van der Waals surface area contributed by atoms with Gasteiger partial charge in [-0.1, -0.05) is 0 Å². The van der Waals surface area contributed by atoms with Gasteiger partial charge in [-0.15, -0.1) is 0 Å². The lowest BCUT2D eigenvalue weighted by Gasteiger charge is -2.37. The first-order valence-electron chi connectivity index (χ1n) is 7.14. The third kappa shape index (κ3) is 7.83. The lowest BCUT2D eigenvalue weighted by molar-refractivity contribution is -0.286. The number of nitrogens with two attached hydrogens (primary N) is 3. The molecule has 0 aromatic rings. The highest BCUT2D eigenvalue weighted by atomic mass is 16.6. The van der Waals surface area contributed by atoms with Crippen molar-refractivity contribution in [3.05, 3.63) is 0 Å². The van der Waals surface area contributed by atoms with Gasteiger partial charge in [-0.3, -0.25) is 9.79 Å². The van der Waals surface area contributed by atoms with Gasteiger partial charge in [0, 0.05) is 6.54 Å². The van der Waals surface area contributed by atoms with E-state index in [4.69, 9.17) is 47.8 Å². The van der Waals surface area contributed by atoms with Crippen LogP contribution < -0.4 is 17.2 Å². The lowest BCUT2D eigenvalue weighted by Crippen LogP contribution is -2.58. The van der Waals surface area contributed by atoms with E-state index in [9.17, 15) is 4.79 Å². The summed E-state index contributed by atoms with van der Waals surface area (Å²) < 4.78 is 4.58. The number of rotatable bonds is 6. The Bertz CT molecular complexity index is 402. The van der Waals surface area contributed by atoms with Crippen molar-refractivity contribution in [1.82, 2.24) is 0 Å². The molecule has 1 fully saturated rings. The van der Waals surface area contributed by atoms with E-state index in [2.05, 4.69) is 9.73 Å². The molecule has 12 nitrogen and oxygen atoms in total. The number of hydrogen-bond acceptors (Lipinski definition) is 9. The summed E-state index contributed by atoms with van der Waals surface area (Å²) in [5.41, 5.74) is 15.3. The molecule has 12 heteroatoms. The number of nitrogens with zero attached hydrogens (tertiary/aromatic N) is 1. The molecule has 24 heavy (non-hydrogen) atoms. The highest BCUT2D eigenvalue weighted by Gasteiger charge is 2.42. The maximum absolute atomic E-state index is 10.2. The SMILES string of the molecule is NC(N)=NCCC[C@H](N)C(=O)O.OC[C@H]1OC(O)[C@H](O)[C@@H](O)[C@@H]1O. The fourth-order valence-electron chi connectivity index (χ4n) is 1.72. The van der Waals surface area contributed by atoms with Crippen LogP contribution in [0.1, 0.15) is 12.8 Å². The van der Waals surface area contributed by atoms with E-state index in [1.54, 1.807) is 0 Å². The first-order chi connectivity index (χ1) is 11.1. The molecule has 1 unspecified atom stereocenters. The Morgan fingerprint density at radius 1 is 1.12 bits per heavy atom. The number of carboxylic acids is 1. The topological polar surface area (TPSA) is 238 Å². The normalized spacial score (nSPS) is 30.7. The van der Waals surface area contributed by atoms with Crippen LogP contribution in [-0.2, 0) is 9.53 Å². The molecule has 0 saturated carbocycles. The minimum absolute atomic E-state index is 0.0129. The van der Waals surface area contributed by atoms with E-state index in [1.807, 2.05) is 0 Å². The standard InChI is InChI=1S/C6H14N4O2.C6H12O6/c7-4(5(11)12)2-1-3-10-6(8)9;7-1-2-3(8)4(9)5(10)6(11)12-2/h4H,1-3,7H2,(H,11,12)(H4,8,9,10);2-11H,1H2/t4-;2-,3-,4+,5-,6?/m01/s1. The molecule has 0 bridgehead atoms. The fourth-order valence-corrected chi connectivity index (χ4v) is 1.72. The molecule has 142 valence electrons. The van der Waals surface area contributed by atoms with Gasteiger partial charge >= 0.3 is 5.97 Å². The summed E-state index contributed by atoms with van der Waals surface area (Å²) in [5.74, 6) is -0.987. The maximum atomic E-state index is 10.2. The monoisotopic (exact) mass is 354 g/mol. The molecule has 0 aromatic carbocycles. The average Bonchev–Trinajstić information content (AvgIpc) is 2.53. The molecule has 1 heterocycles. The highest BCUT2D eigenvalue weighted by Crippen LogP contribution is 2.18. The van der Waals surface area contributed by atoms with E-state index in [-0.39, 0.29) is 5.96 Å². The van der Waals surface area contributed by atoms with Crippen LogP contribution >= 0.6 is 0 Å². The molecular weight excluding hydrogens is 328 g/mol. The second-order valence-corrected chi connectivity index (χ2v) is 5.11. The van der Waals surface area contributed by atoms with Crippen LogP contribution in [0.25, 0.3) is 0 Å². The van der Waals surface area contributed by atoms with Gasteiger partial charge in [0.2, 0.25) is 0 Å². The van der Waals surface area contributed by atoms with E-state index in [0.717, 1.165) is 0 Å². The lowest BCUT2D eigenvalue weighted by atomic mass is 10.00. The summed E-state index contributed by atoms with van der Waals surface area (Å²) in [5, 5.41) is 53.0. The van der Waals surface area contributed by atoms with E-state index in [0.29, 0.717) is 19.4 Å². The van der Waals surface area contributed by atoms with Crippen molar-refractivity contribution in [2.45, 2.75) is 49.6 Å². The first kappa shape index (κ1) is 22.5. The summed E-state index contributed by atoms with van der Waals surface area (Å²) in [6.07, 6.45) is -6.08. The fraction of sp³-hybridized carbons (Fsp3) is 0.833. The van der Waals surface area contributed by atoms with Crippen LogP contribution in [-0.4, -0.2) is 92.5 Å². The van der Waals surface area contributed by atoms with Crippen molar-refractivity contribution < 1.29 is 40.2 Å². The van der Waals surface area contributed by atoms with Gasteiger partial charge in [-0.25, -0.2) is 0 Å². The average molecular weight is 354 g/mol. The zero-order valence-corrected chi connectivity index (χ0v) is 13.0. The Balaban J connectivity index is 0.000000441. The van der Waals surface area contributed by atoms with Crippen LogP contribution in [0.3, 0.4) is 0 Å². The Morgan fingerprint density at radius 3 is 2.17 bits per heavy atom. The summed E-state index contributed by atoms with van der Waals surface area (Å²) >= 11 is 0. The Labute approximate surface area is 138 Å². The van der Waals surface area contributed by atoms with Gasteiger partial charge in [-0.05, 0) is 12.8 Å². The quantitative estimate of drug-likeness (QED) is 0.124. The predicted octanol–water partition coefficient (Wildman–Crippen LogP) is -4.77. The van der Waals surface area contributed by atoms with Crippen molar-refractivity contribution in [2.75, 3.05) is 13.2 Å². The van der Waals surface area contributed by atoms with Crippen LogP contribution in [0.5, 0.6) is 0 Å². The van der Waals surface area contributed by atoms with Crippen LogP contribution in [0.2, 0.25) is 0 Å². The minimum Gasteiger partial charge on any atom is -0.480 e. The molecule has 12 N–H and O–H groups in total. The second-order valence-electron chi connectivity index (χ2n) is 5.11. The van der Waals surface area contributed by atoms with Crippen molar-refractivity contribution in [1.29, 1.82) is 0 Å². The molecule has 0 aliphatic carbocycles. The third-order valence-corrected chi connectivity index (χ3v) is 3.15. The van der Waals surface area contributed by atoms with Gasteiger partial charge in [0.1, 0.15) is 30.5 Å². The summed E-state index contributed by atoms with van der Waals surface area (Å²) in [7, 11) is 0. The zero-order chi connectivity index (χ0) is 18.9. The second kappa shape index (κ2) is 11.1. The van der Waals surface area contributed by atoms with Crippen molar-refractivity contribution in [3.8, 4) is 0 Å². The number of carbonyl (C=O) groups is 1. The van der Waals surface area contributed by atoms with E-state index in [1.165, 1.54) is 0 Å². The van der Waals surface area contributed by atoms with Gasteiger partial charge in [-0.2, -0.15) is 0 Å². The molecule has 0 radical (unpaired) electrons. The van der Waals surface area contributed by atoms with Gasteiger partial charge in [0.05, 0.1) is 6.61 Å². The van der Waals surface area contributed by atoms with E-state index >= 15 is 0 Å². The number of aliphatic carboxylic acids is 1. The Kier molecular flexibility index (Phi) is 10.4. The number of aliphatic hydroxyl groups excluding tert-OH is 5. The van der Waals surface area contributed by atoms with Gasteiger partial charge in [0.25, 0.3) is 0 Å². The largest absolute Gasteiger partial charge is 0.480 e. The number of ether oxygens (including phenoxy) is 1. The minimum atomic E-state index is -1.57. The van der Waals surface area contributed by atoms with Crippen LogP contribution in [0.15, 0.2) is 4.99 Å². The Morgan fingerprint density at radius 2 is 1.71 bits per heavy atom. The molecular formula is C12H26N4O8. The zero-order valence-electron chi connectivity index (χ0n) is 13.0. The number of aliphatic hydroxyl groups is 5. The Hall–Kier alpha value is -1.54. The smallest absolute Gasteiger partial charge is 0.320 e. The third-order valence-electron chi connectivity index (χ3n) is 3.15. The molecule has 0 aromatic heterocycles. The van der Waals surface area contributed by atoms with Gasteiger partial charge in [0.15, 0.2) is 12.2 Å². The molecule has 1 rings (SSSR count). The number of aliphatic imine (C=N–C) groups is 1. The molecule has 1 aliphatic rings. The van der Waals surface area contributed by atoms with Crippen LogP contribution in [0, 0.1) is 0 Å². The number of hydrogen-bond donors (Lipinski definition) is 9. The first-order valence-corrected chi connectivity index (χ1v) is 7.14. The summed E-state index contributed by atoms with van der Waals surface area (Å²) in [6.45, 7) is -0.106. The van der Waals surface area contributed by atoms with Crippen molar-refractivity contribution in [2.24, 2.45) is 22.2 Å². The van der Waals surface area contributed by atoms with Crippen molar-refractivity contribution >= 4 is 11.9 Å². The predicted molar refractivity (Wildman–Crippen MR) is 81.5 cm³/mol. The molecule has 0 amide bonds. The highest BCUT2D eigenvalue weighted by molar-refractivity contribution is 5.75. The van der Waals surface area contributed by atoms with Crippen molar-refractivity contribution in [3.63, 3.8) is 0 Å². The molecule has 1 aliphatic heterocycles. The maximum Gasteiger partial charge on any atom is 0.320 e. The summed E-state index contributed by atoms with van der Waals surface area (Å²) in [6, 6.07) is -0.820. The summed E-state index contributed by atoms with van der Waals surface area (Å²) in [4.78, 5) is 13.9. The van der Waals surface area contributed by atoms with Crippen LogP contribution in [0.4, 0.5) is 0 Å². The molecule has 1 saturated heterocycles. The van der Waals surface area contributed by atoms with Gasteiger partial charge < -0.3 is 52.6 Å².